The van der Waals surface area contributed by atoms with Crippen molar-refractivity contribution in [3.05, 3.63) is 48.0 Å². The van der Waals surface area contributed by atoms with Gasteiger partial charge in [0.15, 0.2) is 5.82 Å². The fourth-order valence-corrected chi connectivity index (χ4v) is 2.62. The summed E-state index contributed by atoms with van der Waals surface area (Å²) in [5.41, 5.74) is 4.20. The predicted octanol–water partition coefficient (Wildman–Crippen LogP) is 2.99. The van der Waals surface area contributed by atoms with Gasteiger partial charge in [-0.05, 0) is 24.3 Å². The highest BCUT2D eigenvalue weighted by atomic mass is 15.2. The molecule has 0 aliphatic carbocycles. The number of nitriles is 1. The molecular formula is C16H11N5. The van der Waals surface area contributed by atoms with Gasteiger partial charge >= 0.3 is 0 Å². The van der Waals surface area contributed by atoms with E-state index in [4.69, 9.17) is 5.26 Å². The number of aryl methyl sites for hydroxylation is 1. The van der Waals surface area contributed by atoms with E-state index < -0.39 is 0 Å². The molecule has 4 aromatic rings. The van der Waals surface area contributed by atoms with Crippen molar-refractivity contribution in [1.82, 2.24) is 19.7 Å². The molecule has 0 amide bonds. The predicted molar refractivity (Wildman–Crippen MR) is 80.5 cm³/mol. The van der Waals surface area contributed by atoms with Crippen LogP contribution in [0.1, 0.15) is 5.56 Å². The van der Waals surface area contributed by atoms with Gasteiger partial charge in [0.1, 0.15) is 5.69 Å². The molecule has 0 spiro atoms. The van der Waals surface area contributed by atoms with Crippen LogP contribution >= 0.6 is 0 Å². The van der Waals surface area contributed by atoms with E-state index in [0.29, 0.717) is 5.56 Å². The Kier molecular flexibility index (Phi) is 2.33. The van der Waals surface area contributed by atoms with E-state index in [1.807, 2.05) is 41.9 Å². The number of benzene rings is 2. The second-order valence-electron chi connectivity index (χ2n) is 4.93. The zero-order valence-electron chi connectivity index (χ0n) is 11.3. The molecule has 2 aromatic carbocycles. The lowest BCUT2D eigenvalue weighted by atomic mass is 10.2. The number of hydrogen-bond acceptors (Lipinski definition) is 3. The van der Waals surface area contributed by atoms with Crippen molar-refractivity contribution in [2.24, 2.45) is 7.05 Å². The van der Waals surface area contributed by atoms with Gasteiger partial charge in [-0.3, -0.25) is 5.10 Å². The average Bonchev–Trinajstić information content (AvgIpc) is 3.08. The molecule has 0 atom stereocenters. The molecule has 100 valence electrons. The standard InChI is InChI=1S/C16H11N5/c1-21-14-7-6-10(9-17)8-13(14)18-16(21)15-11-4-2-3-5-12(11)19-20-15/h2-8H,1H3,(H,19,20). The minimum absolute atomic E-state index is 0.610. The molecule has 2 heterocycles. The van der Waals surface area contributed by atoms with Crippen LogP contribution in [0.2, 0.25) is 0 Å². The maximum absolute atomic E-state index is 9.00. The molecule has 0 aliphatic rings. The lowest BCUT2D eigenvalue weighted by molar-refractivity contribution is 0.946. The van der Waals surface area contributed by atoms with Gasteiger partial charge < -0.3 is 4.57 Å². The Bertz CT molecular complexity index is 1020. The zero-order chi connectivity index (χ0) is 14.4. The monoisotopic (exact) mass is 273 g/mol. The molecule has 0 saturated heterocycles. The molecule has 0 bridgehead atoms. The van der Waals surface area contributed by atoms with Crippen molar-refractivity contribution < 1.29 is 0 Å². The smallest absolute Gasteiger partial charge is 0.162 e. The van der Waals surface area contributed by atoms with Crippen molar-refractivity contribution in [1.29, 1.82) is 5.26 Å². The number of aromatic nitrogens is 4. The third kappa shape index (κ3) is 1.63. The van der Waals surface area contributed by atoms with Crippen LogP contribution < -0.4 is 0 Å². The third-order valence-electron chi connectivity index (χ3n) is 3.69. The molecule has 4 rings (SSSR count). The van der Waals surface area contributed by atoms with Crippen LogP contribution in [0.3, 0.4) is 0 Å². The molecule has 5 nitrogen and oxygen atoms in total. The Hall–Kier alpha value is -3.13. The van der Waals surface area contributed by atoms with Crippen LogP contribution in [0.15, 0.2) is 42.5 Å². The zero-order valence-corrected chi connectivity index (χ0v) is 11.3. The summed E-state index contributed by atoms with van der Waals surface area (Å²) >= 11 is 0. The highest BCUT2D eigenvalue weighted by molar-refractivity contribution is 5.93. The van der Waals surface area contributed by atoms with E-state index in [1.165, 1.54) is 0 Å². The van der Waals surface area contributed by atoms with Gasteiger partial charge in [0.2, 0.25) is 0 Å². The van der Waals surface area contributed by atoms with Crippen molar-refractivity contribution in [3.63, 3.8) is 0 Å². The van der Waals surface area contributed by atoms with Crippen LogP contribution in [0, 0.1) is 11.3 Å². The second-order valence-corrected chi connectivity index (χ2v) is 4.93. The molecular weight excluding hydrogens is 262 g/mol. The fourth-order valence-electron chi connectivity index (χ4n) is 2.62. The van der Waals surface area contributed by atoms with Crippen LogP contribution in [-0.4, -0.2) is 19.7 Å². The van der Waals surface area contributed by atoms with Crippen LogP contribution in [0.5, 0.6) is 0 Å². The summed E-state index contributed by atoms with van der Waals surface area (Å²) < 4.78 is 2.00. The first kappa shape index (κ1) is 11.7. The van der Waals surface area contributed by atoms with E-state index in [-0.39, 0.29) is 0 Å². The van der Waals surface area contributed by atoms with Gasteiger partial charge in [0.05, 0.1) is 28.2 Å². The van der Waals surface area contributed by atoms with Gasteiger partial charge in [-0.1, -0.05) is 18.2 Å². The normalized spacial score (nSPS) is 11.0. The fraction of sp³-hybridized carbons (Fsp3) is 0.0625. The van der Waals surface area contributed by atoms with E-state index in [9.17, 15) is 0 Å². The minimum atomic E-state index is 0.610. The van der Waals surface area contributed by atoms with Crippen molar-refractivity contribution >= 4 is 21.9 Å². The van der Waals surface area contributed by atoms with Gasteiger partial charge in [0, 0.05) is 12.4 Å². The van der Waals surface area contributed by atoms with Crippen molar-refractivity contribution in [3.8, 4) is 17.6 Å². The lowest BCUT2D eigenvalue weighted by Gasteiger charge is -1.99. The highest BCUT2D eigenvalue weighted by Gasteiger charge is 2.15. The molecule has 5 heteroatoms. The minimum Gasteiger partial charge on any atom is -0.326 e. The summed E-state index contributed by atoms with van der Waals surface area (Å²) in [6.45, 7) is 0. The first-order valence-corrected chi connectivity index (χ1v) is 6.58. The van der Waals surface area contributed by atoms with E-state index >= 15 is 0 Å². The summed E-state index contributed by atoms with van der Waals surface area (Å²) in [6.07, 6.45) is 0. The van der Waals surface area contributed by atoms with Crippen LogP contribution in [0.4, 0.5) is 0 Å². The van der Waals surface area contributed by atoms with Crippen LogP contribution in [-0.2, 0) is 7.05 Å². The van der Waals surface area contributed by atoms with Crippen LogP contribution in [0.25, 0.3) is 33.5 Å². The van der Waals surface area contributed by atoms with Crippen molar-refractivity contribution in [2.45, 2.75) is 0 Å². The Labute approximate surface area is 120 Å². The molecule has 0 fully saturated rings. The quantitative estimate of drug-likeness (QED) is 0.579. The molecule has 1 N–H and O–H groups in total. The van der Waals surface area contributed by atoms with Crippen molar-refractivity contribution in [2.75, 3.05) is 0 Å². The molecule has 2 aromatic heterocycles. The Morgan fingerprint density at radius 1 is 1.19 bits per heavy atom. The number of rotatable bonds is 1. The summed E-state index contributed by atoms with van der Waals surface area (Å²) in [7, 11) is 1.96. The first-order chi connectivity index (χ1) is 10.3. The Balaban J connectivity index is 2.02. The number of imidazole rings is 1. The van der Waals surface area contributed by atoms with Gasteiger partial charge in [-0.2, -0.15) is 10.4 Å². The molecule has 0 aliphatic heterocycles. The topological polar surface area (TPSA) is 70.3 Å². The maximum atomic E-state index is 9.00. The molecule has 0 unspecified atom stereocenters. The molecule has 0 saturated carbocycles. The number of hydrogen-bond donors (Lipinski definition) is 1. The largest absolute Gasteiger partial charge is 0.326 e. The van der Waals surface area contributed by atoms with Gasteiger partial charge in [0.25, 0.3) is 0 Å². The van der Waals surface area contributed by atoms with E-state index in [0.717, 1.165) is 33.5 Å². The molecule has 21 heavy (non-hydrogen) atoms. The summed E-state index contributed by atoms with van der Waals surface area (Å²) in [6, 6.07) is 15.6. The second kappa shape index (κ2) is 4.18. The number of H-pyrrole nitrogens is 1. The lowest BCUT2D eigenvalue weighted by Crippen LogP contribution is -1.93. The Morgan fingerprint density at radius 3 is 2.90 bits per heavy atom. The SMILES string of the molecule is Cn1c(-c2n[nH]c3ccccc23)nc2cc(C#N)ccc21. The van der Waals surface area contributed by atoms with Gasteiger partial charge in [-0.25, -0.2) is 4.98 Å². The average molecular weight is 273 g/mol. The highest BCUT2D eigenvalue weighted by Crippen LogP contribution is 2.28. The van der Waals surface area contributed by atoms with E-state index in [1.54, 1.807) is 12.1 Å². The number of nitrogens with one attached hydrogen (secondary N) is 1. The number of aromatic amines is 1. The Morgan fingerprint density at radius 2 is 2.05 bits per heavy atom. The summed E-state index contributed by atoms with van der Waals surface area (Å²) in [5.74, 6) is 0.789. The number of nitrogens with zero attached hydrogens (tertiary/aromatic N) is 4. The summed E-state index contributed by atoms with van der Waals surface area (Å²) in [5, 5.41) is 17.5. The summed E-state index contributed by atoms with van der Waals surface area (Å²) in [4.78, 5) is 4.64. The van der Waals surface area contributed by atoms with Gasteiger partial charge in [-0.15, -0.1) is 0 Å². The van der Waals surface area contributed by atoms with E-state index in [2.05, 4.69) is 21.3 Å². The number of fused-ring (bicyclic) bond motifs is 2. The first-order valence-electron chi connectivity index (χ1n) is 6.58. The third-order valence-corrected chi connectivity index (χ3v) is 3.69. The number of para-hydroxylation sites is 1. The maximum Gasteiger partial charge on any atom is 0.162 e. The molecule has 0 radical (unpaired) electrons.